The van der Waals surface area contributed by atoms with Gasteiger partial charge in [0.1, 0.15) is 5.82 Å². The summed E-state index contributed by atoms with van der Waals surface area (Å²) in [7, 11) is 1.72. The molecule has 1 aliphatic rings. The molecule has 132 valence electrons. The van der Waals surface area contributed by atoms with Crippen molar-refractivity contribution in [3.8, 4) is 0 Å². The van der Waals surface area contributed by atoms with Gasteiger partial charge in [-0.25, -0.2) is 0 Å². The molecule has 0 aliphatic carbocycles. The number of aryl methyl sites for hydroxylation is 1. The van der Waals surface area contributed by atoms with Crippen molar-refractivity contribution in [2.45, 2.75) is 20.3 Å². The van der Waals surface area contributed by atoms with E-state index in [1.165, 1.54) is 4.68 Å². The lowest BCUT2D eigenvalue weighted by atomic mass is 9.92. The summed E-state index contributed by atoms with van der Waals surface area (Å²) in [6, 6.07) is 10.6. The van der Waals surface area contributed by atoms with Crippen molar-refractivity contribution in [1.82, 2.24) is 14.7 Å². The third-order valence-corrected chi connectivity index (χ3v) is 4.53. The second-order valence-electron chi connectivity index (χ2n) is 7.01. The third kappa shape index (κ3) is 3.90. The van der Waals surface area contributed by atoms with Crippen molar-refractivity contribution in [3.63, 3.8) is 0 Å². The lowest BCUT2D eigenvalue weighted by Gasteiger charge is -2.34. The first-order valence-electron chi connectivity index (χ1n) is 8.63. The summed E-state index contributed by atoms with van der Waals surface area (Å²) in [6.07, 6.45) is 1.14. The van der Waals surface area contributed by atoms with Gasteiger partial charge in [0.15, 0.2) is 5.69 Å². The maximum Gasteiger partial charge on any atom is 0.274 e. The summed E-state index contributed by atoms with van der Waals surface area (Å²) in [4.78, 5) is 26.9. The number of aromatic nitrogens is 2. The number of nitrogens with one attached hydrogen (secondary N) is 1. The molecule has 2 heterocycles. The van der Waals surface area contributed by atoms with Crippen LogP contribution in [0.2, 0.25) is 0 Å². The fourth-order valence-electron chi connectivity index (χ4n) is 3.46. The predicted molar refractivity (Wildman–Crippen MR) is 96.5 cm³/mol. The molecule has 1 aromatic heterocycles. The molecule has 25 heavy (non-hydrogen) atoms. The molecule has 6 nitrogen and oxygen atoms in total. The van der Waals surface area contributed by atoms with Gasteiger partial charge in [-0.15, -0.1) is 0 Å². The molecular weight excluding hydrogens is 316 g/mol. The van der Waals surface area contributed by atoms with Crippen LogP contribution in [0.1, 0.15) is 41.1 Å². The number of carbonyl (C=O) groups is 2. The second-order valence-corrected chi connectivity index (χ2v) is 7.01. The van der Waals surface area contributed by atoms with Gasteiger partial charge in [0.2, 0.25) is 0 Å². The maximum absolute atomic E-state index is 12.7. The number of anilines is 1. The molecule has 0 unspecified atom stereocenters. The number of hydrogen-bond donors (Lipinski definition) is 1. The van der Waals surface area contributed by atoms with Crippen molar-refractivity contribution in [2.24, 2.45) is 18.9 Å². The molecule has 0 radical (unpaired) electrons. The van der Waals surface area contributed by atoms with Gasteiger partial charge in [-0.2, -0.15) is 5.10 Å². The summed E-state index contributed by atoms with van der Waals surface area (Å²) >= 11 is 0. The van der Waals surface area contributed by atoms with Crippen molar-refractivity contribution >= 4 is 17.6 Å². The average Bonchev–Trinajstić information content (AvgIpc) is 2.94. The van der Waals surface area contributed by atoms with Gasteiger partial charge in [0, 0.05) is 31.8 Å². The topological polar surface area (TPSA) is 67.2 Å². The third-order valence-electron chi connectivity index (χ3n) is 4.53. The summed E-state index contributed by atoms with van der Waals surface area (Å²) in [5.74, 6) is 1.20. The summed E-state index contributed by atoms with van der Waals surface area (Å²) < 4.78 is 1.53. The van der Waals surface area contributed by atoms with E-state index in [1.54, 1.807) is 25.2 Å². The quantitative estimate of drug-likeness (QED) is 0.934. The van der Waals surface area contributed by atoms with Crippen molar-refractivity contribution in [2.75, 3.05) is 18.4 Å². The lowest BCUT2D eigenvalue weighted by molar-refractivity contribution is 0.0616. The van der Waals surface area contributed by atoms with E-state index >= 15 is 0 Å². The lowest BCUT2D eigenvalue weighted by Crippen LogP contribution is -2.42. The molecule has 2 atom stereocenters. The maximum atomic E-state index is 12.7. The molecule has 3 rings (SSSR count). The first-order valence-corrected chi connectivity index (χ1v) is 8.63. The Morgan fingerprint density at radius 3 is 2.40 bits per heavy atom. The zero-order valence-corrected chi connectivity index (χ0v) is 14.9. The minimum absolute atomic E-state index is 0.0748. The van der Waals surface area contributed by atoms with Crippen molar-refractivity contribution in [3.05, 3.63) is 47.7 Å². The molecule has 1 fully saturated rings. The number of piperidine rings is 1. The standard InChI is InChI=1S/C19H24N4O2/c1-13-9-14(2)12-23(11-13)19(25)16-10-17(22(3)21-16)20-18(24)15-7-5-4-6-8-15/h4-8,10,13-14H,9,11-12H2,1-3H3,(H,20,24)/t13-,14+. The molecule has 1 saturated heterocycles. The van der Waals surface area contributed by atoms with E-state index in [1.807, 2.05) is 23.1 Å². The minimum atomic E-state index is -0.220. The number of rotatable bonds is 3. The van der Waals surface area contributed by atoms with Crippen LogP contribution in [0, 0.1) is 11.8 Å². The first-order chi connectivity index (χ1) is 11.9. The van der Waals surface area contributed by atoms with Crippen LogP contribution in [0.3, 0.4) is 0 Å². The second kappa shape index (κ2) is 7.09. The van der Waals surface area contributed by atoms with Gasteiger partial charge in [0.25, 0.3) is 11.8 Å². The highest BCUT2D eigenvalue weighted by atomic mass is 16.2. The van der Waals surface area contributed by atoms with Crippen LogP contribution in [-0.2, 0) is 7.05 Å². The molecule has 0 bridgehead atoms. The van der Waals surface area contributed by atoms with E-state index < -0.39 is 0 Å². The van der Waals surface area contributed by atoms with Crippen LogP contribution in [0.5, 0.6) is 0 Å². The number of likely N-dealkylation sites (tertiary alicyclic amines) is 1. The largest absolute Gasteiger partial charge is 0.337 e. The zero-order chi connectivity index (χ0) is 18.0. The monoisotopic (exact) mass is 340 g/mol. The summed E-state index contributed by atoms with van der Waals surface area (Å²) in [6.45, 7) is 5.84. The van der Waals surface area contributed by atoms with Crippen LogP contribution in [0.15, 0.2) is 36.4 Å². The molecule has 1 N–H and O–H groups in total. The van der Waals surface area contributed by atoms with Gasteiger partial charge in [-0.05, 0) is 30.4 Å². The molecule has 2 aromatic rings. The van der Waals surface area contributed by atoms with Crippen LogP contribution >= 0.6 is 0 Å². The Morgan fingerprint density at radius 1 is 1.12 bits per heavy atom. The first kappa shape index (κ1) is 17.2. The zero-order valence-electron chi connectivity index (χ0n) is 14.9. The van der Waals surface area contributed by atoms with Gasteiger partial charge in [-0.3, -0.25) is 14.3 Å². The van der Waals surface area contributed by atoms with E-state index in [2.05, 4.69) is 24.3 Å². The normalized spacial score (nSPS) is 20.4. The molecule has 0 spiro atoms. The highest BCUT2D eigenvalue weighted by Crippen LogP contribution is 2.23. The predicted octanol–water partition coefficient (Wildman–Crippen LogP) is 2.79. The fourth-order valence-corrected chi connectivity index (χ4v) is 3.46. The Kier molecular flexibility index (Phi) is 4.88. The van der Waals surface area contributed by atoms with E-state index in [9.17, 15) is 9.59 Å². The highest BCUT2D eigenvalue weighted by molar-refractivity contribution is 6.04. The molecule has 0 saturated carbocycles. The van der Waals surface area contributed by atoms with Crippen LogP contribution in [0.4, 0.5) is 5.82 Å². The van der Waals surface area contributed by atoms with Crippen LogP contribution in [-0.4, -0.2) is 39.6 Å². The highest BCUT2D eigenvalue weighted by Gasteiger charge is 2.28. The molecule has 6 heteroatoms. The average molecular weight is 340 g/mol. The number of nitrogens with zero attached hydrogens (tertiary/aromatic N) is 3. The van der Waals surface area contributed by atoms with Gasteiger partial charge < -0.3 is 10.2 Å². The van der Waals surface area contributed by atoms with E-state index in [0.29, 0.717) is 28.9 Å². The molecule has 1 aromatic carbocycles. The van der Waals surface area contributed by atoms with E-state index in [-0.39, 0.29) is 11.8 Å². The van der Waals surface area contributed by atoms with Crippen LogP contribution in [0.25, 0.3) is 0 Å². The smallest absolute Gasteiger partial charge is 0.274 e. The van der Waals surface area contributed by atoms with Crippen LogP contribution < -0.4 is 5.32 Å². The van der Waals surface area contributed by atoms with Gasteiger partial charge in [0.05, 0.1) is 0 Å². The molecular formula is C19H24N4O2. The number of hydrogen-bond acceptors (Lipinski definition) is 3. The SMILES string of the molecule is C[C@@H]1C[C@H](C)CN(C(=O)c2cc(NC(=O)c3ccccc3)n(C)n2)C1. The number of amides is 2. The van der Waals surface area contributed by atoms with E-state index in [4.69, 9.17) is 0 Å². The fraction of sp³-hybridized carbons (Fsp3) is 0.421. The Morgan fingerprint density at radius 2 is 1.76 bits per heavy atom. The number of carbonyl (C=O) groups excluding carboxylic acids is 2. The van der Waals surface area contributed by atoms with Gasteiger partial charge >= 0.3 is 0 Å². The summed E-state index contributed by atoms with van der Waals surface area (Å²) in [5, 5.41) is 7.11. The Labute approximate surface area is 147 Å². The van der Waals surface area contributed by atoms with Crippen molar-refractivity contribution in [1.29, 1.82) is 0 Å². The Hall–Kier alpha value is -2.63. The minimum Gasteiger partial charge on any atom is -0.337 e. The Bertz CT molecular complexity index is 759. The van der Waals surface area contributed by atoms with Crippen molar-refractivity contribution < 1.29 is 9.59 Å². The van der Waals surface area contributed by atoms with E-state index in [0.717, 1.165) is 19.5 Å². The summed E-state index contributed by atoms with van der Waals surface area (Å²) in [5.41, 5.74) is 0.933. The molecule has 2 amide bonds. The van der Waals surface area contributed by atoms with Gasteiger partial charge in [-0.1, -0.05) is 32.0 Å². The molecule has 1 aliphatic heterocycles. The Balaban J connectivity index is 1.73. The number of benzene rings is 1.